The van der Waals surface area contributed by atoms with Crippen LogP contribution >= 0.6 is 0 Å². The molecule has 0 aromatic rings. The molecule has 1 N–H and O–H groups in total. The maximum absolute atomic E-state index is 3.84. The molecule has 2 aliphatic carbocycles. The lowest BCUT2D eigenvalue weighted by Gasteiger charge is -2.44. The highest BCUT2D eigenvalue weighted by atomic mass is 15.2. The highest BCUT2D eigenvalue weighted by molar-refractivity contribution is 4.96. The van der Waals surface area contributed by atoms with Gasteiger partial charge in [0.1, 0.15) is 0 Å². The Morgan fingerprint density at radius 1 is 1.16 bits per heavy atom. The van der Waals surface area contributed by atoms with E-state index in [2.05, 4.69) is 31.0 Å². The van der Waals surface area contributed by atoms with Gasteiger partial charge in [0.15, 0.2) is 0 Å². The van der Waals surface area contributed by atoms with Gasteiger partial charge in [-0.3, -0.25) is 4.90 Å². The molecule has 1 heterocycles. The van der Waals surface area contributed by atoms with Crippen LogP contribution in [0.25, 0.3) is 0 Å². The van der Waals surface area contributed by atoms with E-state index in [0.717, 1.165) is 35.8 Å². The van der Waals surface area contributed by atoms with Gasteiger partial charge < -0.3 is 5.32 Å². The van der Waals surface area contributed by atoms with Crippen molar-refractivity contribution in [2.75, 3.05) is 19.6 Å². The average Bonchev–Trinajstić information content (AvgIpc) is 3.15. The minimum atomic E-state index is 0.766. The van der Waals surface area contributed by atoms with Crippen LogP contribution in [0, 0.1) is 23.7 Å². The van der Waals surface area contributed by atoms with Crippen LogP contribution in [0.15, 0.2) is 0 Å². The van der Waals surface area contributed by atoms with Crippen molar-refractivity contribution in [1.29, 1.82) is 0 Å². The van der Waals surface area contributed by atoms with Crippen molar-refractivity contribution in [2.45, 2.75) is 65.0 Å². The largest absolute Gasteiger partial charge is 0.311 e. The van der Waals surface area contributed by atoms with Gasteiger partial charge >= 0.3 is 0 Å². The van der Waals surface area contributed by atoms with Crippen LogP contribution in [0.3, 0.4) is 0 Å². The van der Waals surface area contributed by atoms with Crippen molar-refractivity contribution in [2.24, 2.45) is 23.7 Å². The molecule has 0 bridgehead atoms. The Balaban J connectivity index is 1.62. The SMILES string of the molecule is CC(C)C1CNC(C2CC2)CN1CC1CCCC1C. The molecule has 0 amide bonds. The van der Waals surface area contributed by atoms with E-state index in [9.17, 15) is 0 Å². The molecule has 4 atom stereocenters. The molecule has 4 unspecified atom stereocenters. The maximum Gasteiger partial charge on any atom is 0.0244 e. The quantitative estimate of drug-likeness (QED) is 0.839. The molecule has 3 fully saturated rings. The van der Waals surface area contributed by atoms with E-state index in [-0.39, 0.29) is 0 Å². The smallest absolute Gasteiger partial charge is 0.0244 e. The van der Waals surface area contributed by atoms with Gasteiger partial charge in [0.25, 0.3) is 0 Å². The molecular formula is C17H32N2. The summed E-state index contributed by atoms with van der Waals surface area (Å²) in [6.07, 6.45) is 7.35. The second kappa shape index (κ2) is 5.73. The molecule has 3 rings (SSSR count). The van der Waals surface area contributed by atoms with Crippen molar-refractivity contribution in [1.82, 2.24) is 10.2 Å². The van der Waals surface area contributed by atoms with E-state index in [4.69, 9.17) is 0 Å². The normalized spacial score (nSPS) is 41.1. The van der Waals surface area contributed by atoms with Crippen molar-refractivity contribution in [3.05, 3.63) is 0 Å². The van der Waals surface area contributed by atoms with Crippen molar-refractivity contribution in [3.8, 4) is 0 Å². The van der Waals surface area contributed by atoms with Crippen LogP contribution in [-0.2, 0) is 0 Å². The fourth-order valence-electron chi connectivity index (χ4n) is 4.33. The first kappa shape index (κ1) is 13.9. The van der Waals surface area contributed by atoms with E-state index in [0.29, 0.717) is 0 Å². The first-order valence-corrected chi connectivity index (χ1v) is 8.62. The lowest BCUT2D eigenvalue weighted by atomic mass is 9.92. The molecule has 1 saturated heterocycles. The zero-order valence-electron chi connectivity index (χ0n) is 13.1. The average molecular weight is 264 g/mol. The van der Waals surface area contributed by atoms with Crippen molar-refractivity contribution in [3.63, 3.8) is 0 Å². The number of hydrogen-bond donors (Lipinski definition) is 1. The second-order valence-corrected chi connectivity index (χ2v) is 7.79. The highest BCUT2D eigenvalue weighted by Crippen LogP contribution is 2.37. The van der Waals surface area contributed by atoms with Crippen LogP contribution in [-0.4, -0.2) is 36.6 Å². The number of piperazine rings is 1. The summed E-state index contributed by atoms with van der Waals surface area (Å²) in [6, 6.07) is 1.56. The number of hydrogen-bond acceptors (Lipinski definition) is 2. The van der Waals surface area contributed by atoms with E-state index < -0.39 is 0 Å². The predicted molar refractivity (Wildman–Crippen MR) is 81.2 cm³/mol. The molecule has 1 aliphatic heterocycles. The fraction of sp³-hybridized carbons (Fsp3) is 1.00. The lowest BCUT2D eigenvalue weighted by Crippen LogP contribution is -2.59. The molecular weight excluding hydrogens is 232 g/mol. The summed E-state index contributed by atoms with van der Waals surface area (Å²) in [5.74, 6) is 3.71. The summed E-state index contributed by atoms with van der Waals surface area (Å²) in [6.45, 7) is 11.2. The maximum atomic E-state index is 3.84. The van der Waals surface area contributed by atoms with Crippen LogP contribution in [0.4, 0.5) is 0 Å². The van der Waals surface area contributed by atoms with Crippen molar-refractivity contribution >= 4 is 0 Å². The zero-order valence-corrected chi connectivity index (χ0v) is 13.1. The summed E-state index contributed by atoms with van der Waals surface area (Å²) < 4.78 is 0. The third kappa shape index (κ3) is 3.16. The monoisotopic (exact) mass is 264 g/mol. The Morgan fingerprint density at radius 3 is 2.53 bits per heavy atom. The molecule has 3 aliphatic rings. The van der Waals surface area contributed by atoms with Gasteiger partial charge in [-0.2, -0.15) is 0 Å². The van der Waals surface area contributed by atoms with Gasteiger partial charge in [-0.1, -0.05) is 33.6 Å². The Hall–Kier alpha value is -0.0800. The molecule has 110 valence electrons. The van der Waals surface area contributed by atoms with E-state index in [1.165, 1.54) is 51.7 Å². The first-order chi connectivity index (χ1) is 9.15. The number of nitrogens with one attached hydrogen (secondary N) is 1. The standard InChI is InChI=1S/C17H32N2/c1-12(2)17-9-18-16(14-7-8-14)11-19(17)10-15-6-4-5-13(15)3/h12-18H,4-11H2,1-3H3. The molecule has 0 aromatic heterocycles. The van der Waals surface area contributed by atoms with E-state index in [1.54, 1.807) is 0 Å². The Labute approximate surface area is 119 Å². The lowest BCUT2D eigenvalue weighted by molar-refractivity contribution is 0.0705. The second-order valence-electron chi connectivity index (χ2n) is 7.79. The summed E-state index contributed by atoms with van der Waals surface area (Å²) in [7, 11) is 0. The Bertz CT molecular complexity index is 298. The van der Waals surface area contributed by atoms with E-state index >= 15 is 0 Å². The van der Waals surface area contributed by atoms with Gasteiger partial charge in [0.05, 0.1) is 0 Å². The highest BCUT2D eigenvalue weighted by Gasteiger charge is 2.39. The minimum Gasteiger partial charge on any atom is -0.311 e. The van der Waals surface area contributed by atoms with Gasteiger partial charge in [0.2, 0.25) is 0 Å². The minimum absolute atomic E-state index is 0.766. The molecule has 19 heavy (non-hydrogen) atoms. The van der Waals surface area contributed by atoms with Crippen LogP contribution in [0.2, 0.25) is 0 Å². The first-order valence-electron chi connectivity index (χ1n) is 8.62. The number of nitrogens with zero attached hydrogens (tertiary/aromatic N) is 1. The molecule has 0 radical (unpaired) electrons. The predicted octanol–water partition coefficient (Wildman–Crippen LogP) is 3.13. The molecule has 2 heteroatoms. The Kier molecular flexibility index (Phi) is 4.19. The van der Waals surface area contributed by atoms with Crippen LogP contribution < -0.4 is 5.32 Å². The fourth-order valence-corrected chi connectivity index (χ4v) is 4.33. The summed E-state index contributed by atoms with van der Waals surface area (Å²) in [5, 5.41) is 3.84. The van der Waals surface area contributed by atoms with E-state index in [1.807, 2.05) is 0 Å². The molecule has 0 aromatic carbocycles. The summed E-state index contributed by atoms with van der Waals surface area (Å²) in [5.41, 5.74) is 0. The van der Waals surface area contributed by atoms with Gasteiger partial charge in [-0.05, 0) is 42.9 Å². The number of rotatable bonds is 4. The molecule has 2 saturated carbocycles. The third-order valence-corrected chi connectivity index (χ3v) is 5.96. The van der Waals surface area contributed by atoms with Gasteiger partial charge in [-0.15, -0.1) is 0 Å². The topological polar surface area (TPSA) is 15.3 Å². The Morgan fingerprint density at radius 2 is 1.95 bits per heavy atom. The van der Waals surface area contributed by atoms with Crippen LogP contribution in [0.1, 0.15) is 52.9 Å². The summed E-state index contributed by atoms with van der Waals surface area (Å²) in [4.78, 5) is 2.86. The van der Waals surface area contributed by atoms with Crippen LogP contribution in [0.5, 0.6) is 0 Å². The summed E-state index contributed by atoms with van der Waals surface area (Å²) >= 11 is 0. The molecule has 2 nitrogen and oxygen atoms in total. The van der Waals surface area contributed by atoms with Gasteiger partial charge in [-0.25, -0.2) is 0 Å². The van der Waals surface area contributed by atoms with Crippen molar-refractivity contribution < 1.29 is 0 Å². The third-order valence-electron chi connectivity index (χ3n) is 5.96. The zero-order chi connectivity index (χ0) is 13.4. The molecule has 0 spiro atoms. The van der Waals surface area contributed by atoms with Gasteiger partial charge in [0, 0.05) is 31.7 Å².